The highest BCUT2D eigenvalue weighted by Crippen LogP contribution is 2.26. The van der Waals surface area contributed by atoms with Gasteiger partial charge in [0, 0.05) is 22.8 Å². The van der Waals surface area contributed by atoms with Gasteiger partial charge in [-0.15, -0.1) is 0 Å². The first-order chi connectivity index (χ1) is 9.63. The summed E-state index contributed by atoms with van der Waals surface area (Å²) in [6, 6.07) is 12.3. The molecule has 1 atom stereocenters. The van der Waals surface area contributed by atoms with Crippen molar-refractivity contribution in [3.63, 3.8) is 0 Å². The van der Waals surface area contributed by atoms with Crippen molar-refractivity contribution in [2.45, 2.75) is 19.4 Å². The van der Waals surface area contributed by atoms with Crippen LogP contribution in [0.2, 0.25) is 0 Å². The first-order valence-corrected chi connectivity index (χ1v) is 6.17. The van der Waals surface area contributed by atoms with Crippen LogP contribution in [-0.2, 0) is 4.79 Å². The molecule has 2 aromatic rings. The van der Waals surface area contributed by atoms with Gasteiger partial charge in [-0.2, -0.15) is 5.06 Å². The van der Waals surface area contributed by atoms with Gasteiger partial charge in [0.15, 0.2) is 0 Å². The summed E-state index contributed by atoms with van der Waals surface area (Å²) in [4.78, 5) is 14.6. The van der Waals surface area contributed by atoms with E-state index < -0.39 is 11.9 Å². The van der Waals surface area contributed by atoms with E-state index in [0.29, 0.717) is 10.8 Å². The quantitative estimate of drug-likeness (QED) is 0.302. The minimum absolute atomic E-state index is 0.0518. The number of hydrogen-bond donors (Lipinski definition) is 1. The fraction of sp³-hybridized carbons (Fsp3) is 0.214. The van der Waals surface area contributed by atoms with E-state index in [4.69, 9.17) is 5.53 Å². The second kappa shape index (κ2) is 6.06. The SMILES string of the molecule is C[C@H](CC(=O)N(O)c1cccc2ccccc12)N=[N+]=[N-]. The Hall–Kier alpha value is -2.56. The Morgan fingerprint density at radius 3 is 2.80 bits per heavy atom. The van der Waals surface area contributed by atoms with Crippen molar-refractivity contribution >= 4 is 22.4 Å². The smallest absolute Gasteiger partial charge is 0.251 e. The third-order valence-electron chi connectivity index (χ3n) is 2.95. The van der Waals surface area contributed by atoms with Gasteiger partial charge in [-0.25, -0.2) is 0 Å². The number of carbonyl (C=O) groups is 1. The van der Waals surface area contributed by atoms with Gasteiger partial charge in [-0.3, -0.25) is 10.0 Å². The topological polar surface area (TPSA) is 89.3 Å². The molecule has 0 aromatic heterocycles. The predicted octanol–water partition coefficient (Wildman–Crippen LogP) is 3.65. The van der Waals surface area contributed by atoms with Crippen molar-refractivity contribution in [1.29, 1.82) is 0 Å². The first-order valence-electron chi connectivity index (χ1n) is 6.17. The first kappa shape index (κ1) is 13.9. The lowest BCUT2D eigenvalue weighted by atomic mass is 10.1. The number of hydroxylamine groups is 1. The second-order valence-electron chi connectivity index (χ2n) is 4.46. The van der Waals surface area contributed by atoms with Crippen LogP contribution in [0.5, 0.6) is 0 Å². The van der Waals surface area contributed by atoms with Crippen molar-refractivity contribution in [3.05, 3.63) is 52.9 Å². The molecular weight excluding hydrogens is 256 g/mol. The molecular formula is C14H14N4O2. The number of fused-ring (bicyclic) bond motifs is 1. The molecule has 1 amide bonds. The molecule has 6 nitrogen and oxygen atoms in total. The summed E-state index contributed by atoms with van der Waals surface area (Å²) in [5, 5.41) is 15.8. The van der Waals surface area contributed by atoms with Crippen LogP contribution in [0.3, 0.4) is 0 Å². The van der Waals surface area contributed by atoms with Gasteiger partial charge in [0.2, 0.25) is 0 Å². The monoisotopic (exact) mass is 270 g/mol. The van der Waals surface area contributed by atoms with Crippen LogP contribution >= 0.6 is 0 Å². The molecule has 0 aliphatic heterocycles. The number of anilines is 1. The van der Waals surface area contributed by atoms with E-state index >= 15 is 0 Å². The predicted molar refractivity (Wildman–Crippen MR) is 76.4 cm³/mol. The van der Waals surface area contributed by atoms with E-state index in [9.17, 15) is 10.0 Å². The molecule has 0 aliphatic carbocycles. The molecule has 0 unspecified atom stereocenters. The van der Waals surface area contributed by atoms with E-state index in [1.807, 2.05) is 30.3 Å². The van der Waals surface area contributed by atoms with Crippen LogP contribution in [0.4, 0.5) is 5.69 Å². The number of hydrogen-bond acceptors (Lipinski definition) is 3. The summed E-state index contributed by atoms with van der Waals surface area (Å²) >= 11 is 0. The molecule has 2 aromatic carbocycles. The van der Waals surface area contributed by atoms with Crippen LogP contribution in [-0.4, -0.2) is 17.2 Å². The van der Waals surface area contributed by atoms with Crippen molar-refractivity contribution in [2.75, 3.05) is 5.06 Å². The fourth-order valence-electron chi connectivity index (χ4n) is 2.00. The third kappa shape index (κ3) is 2.88. The molecule has 0 aliphatic rings. The zero-order valence-corrected chi connectivity index (χ0v) is 11.0. The Morgan fingerprint density at radius 1 is 1.35 bits per heavy atom. The van der Waals surface area contributed by atoms with Gasteiger partial charge in [0.05, 0.1) is 5.69 Å². The number of benzene rings is 2. The van der Waals surface area contributed by atoms with Crippen LogP contribution in [0.15, 0.2) is 47.6 Å². The highest BCUT2D eigenvalue weighted by molar-refractivity contribution is 6.02. The van der Waals surface area contributed by atoms with Crippen molar-refractivity contribution in [3.8, 4) is 0 Å². The molecule has 1 N–H and O–H groups in total. The van der Waals surface area contributed by atoms with E-state index in [0.717, 1.165) is 10.8 Å². The fourth-order valence-corrected chi connectivity index (χ4v) is 2.00. The zero-order valence-electron chi connectivity index (χ0n) is 11.0. The van der Waals surface area contributed by atoms with Gasteiger partial charge >= 0.3 is 0 Å². The summed E-state index contributed by atoms with van der Waals surface area (Å²) < 4.78 is 0. The molecule has 0 spiro atoms. The average molecular weight is 270 g/mol. The zero-order chi connectivity index (χ0) is 14.5. The van der Waals surface area contributed by atoms with Crippen molar-refractivity contribution in [2.24, 2.45) is 5.11 Å². The lowest BCUT2D eigenvalue weighted by Crippen LogP contribution is -2.29. The largest absolute Gasteiger partial charge is 0.281 e. The highest BCUT2D eigenvalue weighted by Gasteiger charge is 2.17. The van der Waals surface area contributed by atoms with Crippen LogP contribution in [0.25, 0.3) is 21.2 Å². The van der Waals surface area contributed by atoms with Gasteiger partial charge in [0.25, 0.3) is 5.91 Å². The molecule has 0 saturated heterocycles. The Labute approximate surface area is 115 Å². The van der Waals surface area contributed by atoms with Gasteiger partial charge in [-0.1, -0.05) is 48.4 Å². The highest BCUT2D eigenvalue weighted by atomic mass is 16.5. The maximum Gasteiger partial charge on any atom is 0.251 e. The second-order valence-corrected chi connectivity index (χ2v) is 4.46. The molecule has 102 valence electrons. The van der Waals surface area contributed by atoms with E-state index in [2.05, 4.69) is 10.0 Å². The number of nitrogens with zero attached hydrogens (tertiary/aromatic N) is 4. The average Bonchev–Trinajstić information content (AvgIpc) is 2.46. The number of azide groups is 1. The summed E-state index contributed by atoms with van der Waals surface area (Å²) in [7, 11) is 0. The molecule has 0 saturated carbocycles. The molecule has 20 heavy (non-hydrogen) atoms. The number of rotatable bonds is 4. The minimum Gasteiger partial charge on any atom is -0.281 e. The van der Waals surface area contributed by atoms with Crippen LogP contribution in [0.1, 0.15) is 13.3 Å². The maximum atomic E-state index is 12.0. The summed E-state index contributed by atoms with van der Waals surface area (Å²) in [6.07, 6.45) is -0.0518. The van der Waals surface area contributed by atoms with E-state index in [1.165, 1.54) is 0 Å². The van der Waals surface area contributed by atoms with E-state index in [-0.39, 0.29) is 6.42 Å². The lowest BCUT2D eigenvalue weighted by Gasteiger charge is -2.18. The van der Waals surface area contributed by atoms with Crippen molar-refractivity contribution in [1.82, 2.24) is 0 Å². The van der Waals surface area contributed by atoms with Gasteiger partial charge in [-0.05, 0) is 17.0 Å². The molecule has 2 rings (SSSR count). The molecule has 0 fully saturated rings. The normalized spacial score (nSPS) is 11.7. The Kier molecular flexibility index (Phi) is 4.20. The number of carbonyl (C=O) groups excluding carboxylic acids is 1. The van der Waals surface area contributed by atoms with Gasteiger partial charge < -0.3 is 0 Å². The Balaban J connectivity index is 2.29. The standard InChI is InChI=1S/C14H14N4O2/c1-10(16-17-15)9-14(19)18(20)13-8-4-6-11-5-2-3-7-12(11)13/h2-8,10,20H,9H2,1H3/t10-/m1/s1. The van der Waals surface area contributed by atoms with Crippen LogP contribution < -0.4 is 5.06 Å². The third-order valence-corrected chi connectivity index (χ3v) is 2.95. The Bertz CT molecular complexity index is 674. The van der Waals surface area contributed by atoms with Gasteiger partial charge in [0.1, 0.15) is 0 Å². The maximum absolute atomic E-state index is 12.0. The molecule has 0 bridgehead atoms. The molecule has 0 heterocycles. The summed E-state index contributed by atoms with van der Waals surface area (Å²) in [6.45, 7) is 1.62. The van der Waals surface area contributed by atoms with Crippen molar-refractivity contribution < 1.29 is 10.0 Å². The molecule has 6 heteroatoms. The lowest BCUT2D eigenvalue weighted by molar-refractivity contribution is -0.123. The summed E-state index contributed by atoms with van der Waals surface area (Å²) in [5.41, 5.74) is 8.74. The number of amides is 1. The Morgan fingerprint density at radius 2 is 2.05 bits per heavy atom. The minimum atomic E-state index is -0.513. The summed E-state index contributed by atoms with van der Waals surface area (Å²) in [5.74, 6) is -0.513. The van der Waals surface area contributed by atoms with E-state index in [1.54, 1.807) is 19.1 Å². The van der Waals surface area contributed by atoms with Crippen LogP contribution in [0, 0.1) is 0 Å². The molecule has 0 radical (unpaired) electrons.